The Morgan fingerprint density at radius 3 is 2.93 bits per heavy atom. The van der Waals surface area contributed by atoms with Gasteiger partial charge in [-0.25, -0.2) is 0 Å². The van der Waals surface area contributed by atoms with Crippen molar-refractivity contribution in [2.75, 3.05) is 33.3 Å². The number of nitrogens with zero attached hydrogens (tertiary/aromatic N) is 1. The molecule has 3 nitrogen and oxygen atoms in total. The van der Waals surface area contributed by atoms with Crippen molar-refractivity contribution in [3.05, 3.63) is 12.7 Å². The highest BCUT2D eigenvalue weighted by atomic mass is 16.5. The number of hydrogen-bond acceptors (Lipinski definition) is 3. The zero-order valence-corrected chi connectivity index (χ0v) is 10.0. The molecule has 0 aliphatic carbocycles. The SMILES string of the molecule is C=CCN(CCC)CC1CC(OC)CN1. The lowest BCUT2D eigenvalue weighted by Crippen LogP contribution is -2.38. The van der Waals surface area contributed by atoms with Crippen molar-refractivity contribution in [2.24, 2.45) is 0 Å². The van der Waals surface area contributed by atoms with E-state index in [1.807, 2.05) is 6.08 Å². The van der Waals surface area contributed by atoms with Crippen molar-refractivity contribution in [1.29, 1.82) is 0 Å². The van der Waals surface area contributed by atoms with Crippen LogP contribution in [0.2, 0.25) is 0 Å². The van der Waals surface area contributed by atoms with Crippen LogP contribution in [0, 0.1) is 0 Å². The second kappa shape index (κ2) is 6.99. The van der Waals surface area contributed by atoms with E-state index >= 15 is 0 Å². The Hall–Kier alpha value is -0.380. The lowest BCUT2D eigenvalue weighted by Gasteiger charge is -2.23. The van der Waals surface area contributed by atoms with Crippen LogP contribution in [0.25, 0.3) is 0 Å². The summed E-state index contributed by atoms with van der Waals surface area (Å²) < 4.78 is 5.34. The Labute approximate surface area is 93.5 Å². The van der Waals surface area contributed by atoms with E-state index in [-0.39, 0.29) is 0 Å². The molecule has 1 aliphatic rings. The quantitative estimate of drug-likeness (QED) is 0.643. The first-order valence-electron chi connectivity index (χ1n) is 5.89. The Morgan fingerprint density at radius 2 is 2.40 bits per heavy atom. The van der Waals surface area contributed by atoms with Crippen molar-refractivity contribution in [2.45, 2.75) is 31.9 Å². The van der Waals surface area contributed by atoms with Crippen LogP contribution in [-0.2, 0) is 4.74 Å². The molecule has 0 saturated carbocycles. The van der Waals surface area contributed by atoms with E-state index in [4.69, 9.17) is 4.74 Å². The number of nitrogens with one attached hydrogen (secondary N) is 1. The van der Waals surface area contributed by atoms with Crippen molar-refractivity contribution < 1.29 is 4.74 Å². The minimum Gasteiger partial charge on any atom is -0.380 e. The summed E-state index contributed by atoms with van der Waals surface area (Å²) in [7, 11) is 1.79. The smallest absolute Gasteiger partial charge is 0.0711 e. The Kier molecular flexibility index (Phi) is 5.91. The van der Waals surface area contributed by atoms with Gasteiger partial charge in [0.05, 0.1) is 6.10 Å². The van der Waals surface area contributed by atoms with Gasteiger partial charge in [0, 0.05) is 32.8 Å². The predicted molar refractivity (Wildman–Crippen MR) is 64.1 cm³/mol. The van der Waals surface area contributed by atoms with E-state index in [0.717, 1.165) is 32.6 Å². The summed E-state index contributed by atoms with van der Waals surface area (Å²) in [6.07, 6.45) is 4.72. The van der Waals surface area contributed by atoms with Crippen LogP contribution in [0.5, 0.6) is 0 Å². The average molecular weight is 212 g/mol. The van der Waals surface area contributed by atoms with Crippen LogP contribution in [0.4, 0.5) is 0 Å². The van der Waals surface area contributed by atoms with Gasteiger partial charge in [-0.3, -0.25) is 4.90 Å². The fourth-order valence-electron chi connectivity index (χ4n) is 2.17. The van der Waals surface area contributed by atoms with Gasteiger partial charge in [0.2, 0.25) is 0 Å². The molecule has 0 spiro atoms. The molecular weight excluding hydrogens is 188 g/mol. The molecule has 3 heteroatoms. The minimum atomic E-state index is 0.405. The monoisotopic (exact) mass is 212 g/mol. The van der Waals surface area contributed by atoms with Crippen LogP contribution < -0.4 is 5.32 Å². The van der Waals surface area contributed by atoms with Gasteiger partial charge in [0.1, 0.15) is 0 Å². The maximum absolute atomic E-state index is 5.34. The van der Waals surface area contributed by atoms with E-state index in [0.29, 0.717) is 12.1 Å². The molecule has 0 radical (unpaired) electrons. The standard InChI is InChI=1S/C12H24N2O/c1-4-6-14(7-5-2)10-11-8-12(15-3)9-13-11/h4,11-13H,1,5-10H2,2-3H3. The molecule has 2 unspecified atom stereocenters. The van der Waals surface area contributed by atoms with E-state index in [1.54, 1.807) is 7.11 Å². The summed E-state index contributed by atoms with van der Waals surface area (Å²) in [5.74, 6) is 0. The predicted octanol–water partition coefficient (Wildman–Crippen LogP) is 1.26. The van der Waals surface area contributed by atoms with Crippen LogP contribution in [-0.4, -0.2) is 50.3 Å². The second-order valence-electron chi connectivity index (χ2n) is 4.25. The molecular formula is C12H24N2O. The van der Waals surface area contributed by atoms with E-state index in [9.17, 15) is 0 Å². The Bertz CT molecular complexity index is 184. The van der Waals surface area contributed by atoms with Crippen molar-refractivity contribution in [3.63, 3.8) is 0 Å². The molecule has 1 rings (SSSR count). The molecule has 1 N–H and O–H groups in total. The summed E-state index contributed by atoms with van der Waals surface area (Å²) in [5.41, 5.74) is 0. The van der Waals surface area contributed by atoms with Gasteiger partial charge >= 0.3 is 0 Å². The molecule has 1 fully saturated rings. The van der Waals surface area contributed by atoms with Crippen LogP contribution in [0.3, 0.4) is 0 Å². The number of ether oxygens (including phenoxy) is 1. The Morgan fingerprint density at radius 1 is 1.60 bits per heavy atom. The first-order valence-corrected chi connectivity index (χ1v) is 5.89. The maximum Gasteiger partial charge on any atom is 0.0711 e. The third kappa shape index (κ3) is 4.33. The maximum atomic E-state index is 5.34. The third-order valence-corrected chi connectivity index (χ3v) is 2.92. The second-order valence-corrected chi connectivity index (χ2v) is 4.25. The van der Waals surface area contributed by atoms with E-state index in [2.05, 4.69) is 23.7 Å². The van der Waals surface area contributed by atoms with Crippen LogP contribution >= 0.6 is 0 Å². The fraction of sp³-hybridized carbons (Fsp3) is 0.833. The molecule has 2 atom stereocenters. The molecule has 0 bridgehead atoms. The highest BCUT2D eigenvalue weighted by molar-refractivity contribution is 4.86. The van der Waals surface area contributed by atoms with Crippen molar-refractivity contribution in [1.82, 2.24) is 10.2 Å². The number of methoxy groups -OCH3 is 1. The summed E-state index contributed by atoms with van der Waals surface area (Å²) in [5, 5.41) is 3.50. The third-order valence-electron chi connectivity index (χ3n) is 2.92. The van der Waals surface area contributed by atoms with Gasteiger partial charge in [-0.2, -0.15) is 0 Å². The van der Waals surface area contributed by atoms with Gasteiger partial charge in [0.25, 0.3) is 0 Å². The number of rotatable bonds is 7. The molecule has 0 amide bonds. The topological polar surface area (TPSA) is 24.5 Å². The molecule has 1 saturated heterocycles. The highest BCUT2D eigenvalue weighted by Crippen LogP contribution is 2.11. The Balaban J connectivity index is 2.28. The molecule has 88 valence electrons. The van der Waals surface area contributed by atoms with Gasteiger partial charge in [-0.05, 0) is 19.4 Å². The molecule has 1 aliphatic heterocycles. The normalized spacial score (nSPS) is 26.1. The number of hydrogen-bond donors (Lipinski definition) is 1. The largest absolute Gasteiger partial charge is 0.380 e. The first kappa shape index (κ1) is 12.7. The summed E-state index contributed by atoms with van der Waals surface area (Å²) in [6, 6.07) is 0.585. The summed E-state index contributed by atoms with van der Waals surface area (Å²) in [6.45, 7) is 10.3. The minimum absolute atomic E-state index is 0.405. The fourth-order valence-corrected chi connectivity index (χ4v) is 2.17. The first-order chi connectivity index (χ1) is 7.30. The lowest BCUT2D eigenvalue weighted by molar-refractivity contribution is 0.116. The van der Waals surface area contributed by atoms with Gasteiger partial charge in [-0.15, -0.1) is 6.58 Å². The van der Waals surface area contributed by atoms with Crippen LogP contribution in [0.1, 0.15) is 19.8 Å². The van der Waals surface area contributed by atoms with Crippen molar-refractivity contribution >= 4 is 0 Å². The van der Waals surface area contributed by atoms with E-state index < -0.39 is 0 Å². The zero-order chi connectivity index (χ0) is 11.1. The molecule has 1 heterocycles. The van der Waals surface area contributed by atoms with E-state index in [1.165, 1.54) is 6.42 Å². The molecule has 0 aromatic rings. The van der Waals surface area contributed by atoms with Gasteiger partial charge in [-0.1, -0.05) is 13.0 Å². The average Bonchev–Trinajstić information content (AvgIpc) is 2.66. The highest BCUT2D eigenvalue weighted by Gasteiger charge is 2.24. The van der Waals surface area contributed by atoms with Crippen molar-refractivity contribution in [3.8, 4) is 0 Å². The summed E-state index contributed by atoms with van der Waals surface area (Å²) >= 11 is 0. The summed E-state index contributed by atoms with van der Waals surface area (Å²) in [4.78, 5) is 2.45. The molecule has 15 heavy (non-hydrogen) atoms. The molecule has 0 aromatic carbocycles. The van der Waals surface area contributed by atoms with Gasteiger partial charge < -0.3 is 10.1 Å². The van der Waals surface area contributed by atoms with Gasteiger partial charge in [0.15, 0.2) is 0 Å². The molecule has 0 aromatic heterocycles. The zero-order valence-electron chi connectivity index (χ0n) is 10.0. The van der Waals surface area contributed by atoms with Crippen LogP contribution in [0.15, 0.2) is 12.7 Å². The lowest BCUT2D eigenvalue weighted by atomic mass is 10.2.